The lowest BCUT2D eigenvalue weighted by Crippen LogP contribution is -2.27. The first-order valence-electron chi connectivity index (χ1n) is 6.93. The minimum atomic E-state index is -0.488. The van der Waals surface area contributed by atoms with Crippen LogP contribution in [0.1, 0.15) is 11.1 Å². The number of hydrogen-bond donors (Lipinski definition) is 1. The number of aromatic hydroxyl groups is 1. The van der Waals surface area contributed by atoms with Crippen molar-refractivity contribution in [3.05, 3.63) is 69.3 Å². The molecule has 0 bridgehead atoms. The molecule has 0 saturated carbocycles. The van der Waals surface area contributed by atoms with Crippen molar-refractivity contribution < 1.29 is 19.1 Å². The van der Waals surface area contributed by atoms with Gasteiger partial charge in [0.2, 0.25) is 0 Å². The first-order valence-corrected chi connectivity index (χ1v) is 8.12. The van der Waals surface area contributed by atoms with Crippen LogP contribution in [0.2, 0.25) is 5.02 Å². The number of carbonyl (C=O) groups is 2. The van der Waals surface area contributed by atoms with E-state index in [1.165, 1.54) is 30.3 Å². The second kappa shape index (κ2) is 6.67. The molecule has 7 heteroatoms. The van der Waals surface area contributed by atoms with E-state index in [2.05, 4.69) is 0 Å². The Kier molecular flexibility index (Phi) is 4.59. The number of phenols is 1. The number of amides is 2. The zero-order valence-electron chi connectivity index (χ0n) is 12.2. The highest BCUT2D eigenvalue weighted by Gasteiger charge is 2.35. The highest BCUT2D eigenvalue weighted by molar-refractivity contribution is 8.18. The Bertz CT molecular complexity index is 869. The van der Waals surface area contributed by atoms with E-state index >= 15 is 0 Å². The van der Waals surface area contributed by atoms with Crippen molar-refractivity contribution in [2.24, 2.45) is 0 Å². The smallest absolute Gasteiger partial charge is 0.293 e. The number of rotatable bonds is 3. The monoisotopic (exact) mass is 363 g/mol. The molecular weight excluding hydrogens is 353 g/mol. The van der Waals surface area contributed by atoms with Crippen LogP contribution in [-0.2, 0) is 11.3 Å². The average molecular weight is 364 g/mol. The molecule has 2 aromatic rings. The van der Waals surface area contributed by atoms with Crippen LogP contribution in [0.3, 0.4) is 0 Å². The standard InChI is InChI=1S/C17H11ClFNO3S/c18-12-7-10(5-6-14(12)21)8-15-16(22)20(17(23)24-15)9-11-3-1-2-4-13(11)19/h1-8,21H,9H2/b15-8-. The minimum absolute atomic E-state index is 0.0681. The van der Waals surface area contributed by atoms with Crippen molar-refractivity contribution in [2.45, 2.75) is 6.54 Å². The van der Waals surface area contributed by atoms with E-state index in [9.17, 15) is 19.1 Å². The Morgan fingerprint density at radius 2 is 1.96 bits per heavy atom. The molecule has 24 heavy (non-hydrogen) atoms. The molecule has 1 aliphatic heterocycles. The van der Waals surface area contributed by atoms with Gasteiger partial charge in [0.25, 0.3) is 11.1 Å². The topological polar surface area (TPSA) is 57.6 Å². The zero-order chi connectivity index (χ0) is 17.3. The lowest BCUT2D eigenvalue weighted by Gasteiger charge is -2.12. The molecule has 0 unspecified atom stereocenters. The highest BCUT2D eigenvalue weighted by atomic mass is 35.5. The van der Waals surface area contributed by atoms with Crippen molar-refractivity contribution >= 4 is 40.6 Å². The Morgan fingerprint density at radius 1 is 1.21 bits per heavy atom. The fourth-order valence-electron chi connectivity index (χ4n) is 2.20. The largest absolute Gasteiger partial charge is 0.506 e. The normalized spacial score (nSPS) is 16.2. The molecule has 1 heterocycles. The first-order chi connectivity index (χ1) is 11.5. The summed E-state index contributed by atoms with van der Waals surface area (Å²) in [7, 11) is 0. The van der Waals surface area contributed by atoms with E-state index in [1.54, 1.807) is 18.2 Å². The summed E-state index contributed by atoms with van der Waals surface area (Å²) in [6.45, 7) is -0.120. The average Bonchev–Trinajstić information content (AvgIpc) is 2.80. The molecule has 0 aliphatic carbocycles. The molecular formula is C17H11ClFNO3S. The van der Waals surface area contributed by atoms with Gasteiger partial charge < -0.3 is 5.11 Å². The van der Waals surface area contributed by atoms with Crippen molar-refractivity contribution in [2.75, 3.05) is 0 Å². The van der Waals surface area contributed by atoms with Crippen LogP contribution in [-0.4, -0.2) is 21.2 Å². The molecule has 1 fully saturated rings. The van der Waals surface area contributed by atoms with Crippen molar-refractivity contribution in [1.82, 2.24) is 4.90 Å². The van der Waals surface area contributed by atoms with Gasteiger partial charge >= 0.3 is 0 Å². The highest BCUT2D eigenvalue weighted by Crippen LogP contribution is 2.34. The van der Waals surface area contributed by atoms with Gasteiger partial charge in [-0.05, 0) is 41.6 Å². The summed E-state index contributed by atoms with van der Waals surface area (Å²) in [5.41, 5.74) is 0.850. The van der Waals surface area contributed by atoms with Gasteiger partial charge in [-0.15, -0.1) is 0 Å². The van der Waals surface area contributed by atoms with E-state index in [0.717, 1.165) is 16.7 Å². The lowest BCUT2D eigenvalue weighted by molar-refractivity contribution is -0.123. The van der Waals surface area contributed by atoms with Crippen LogP contribution in [0.5, 0.6) is 5.75 Å². The molecule has 1 aliphatic rings. The fraction of sp³-hybridized carbons (Fsp3) is 0.0588. The third-order valence-corrected chi connectivity index (χ3v) is 4.64. The molecule has 0 aromatic heterocycles. The Labute approximate surface area is 146 Å². The summed E-state index contributed by atoms with van der Waals surface area (Å²) >= 11 is 6.61. The summed E-state index contributed by atoms with van der Waals surface area (Å²) in [5.74, 6) is -1.02. The molecule has 122 valence electrons. The SMILES string of the molecule is O=C1S/C(=C\c2ccc(O)c(Cl)c2)C(=O)N1Cc1ccccc1F. The molecule has 4 nitrogen and oxygen atoms in total. The van der Waals surface area contributed by atoms with E-state index < -0.39 is 17.0 Å². The van der Waals surface area contributed by atoms with Crippen LogP contribution in [0.15, 0.2) is 47.4 Å². The van der Waals surface area contributed by atoms with Crippen LogP contribution < -0.4 is 0 Å². The number of halogens is 2. The van der Waals surface area contributed by atoms with Crippen LogP contribution in [0.4, 0.5) is 9.18 Å². The number of imide groups is 1. The molecule has 0 atom stereocenters. The van der Waals surface area contributed by atoms with Crippen LogP contribution >= 0.6 is 23.4 Å². The van der Waals surface area contributed by atoms with Crippen molar-refractivity contribution in [3.8, 4) is 5.75 Å². The van der Waals surface area contributed by atoms with Gasteiger partial charge in [-0.3, -0.25) is 14.5 Å². The summed E-state index contributed by atoms with van der Waals surface area (Å²) in [6.07, 6.45) is 1.51. The quantitative estimate of drug-likeness (QED) is 0.820. The Hall–Kier alpha value is -2.31. The summed E-state index contributed by atoms with van der Waals surface area (Å²) in [6, 6.07) is 10.5. The van der Waals surface area contributed by atoms with Crippen molar-refractivity contribution in [3.63, 3.8) is 0 Å². The third-order valence-electron chi connectivity index (χ3n) is 3.43. The Balaban J connectivity index is 1.84. The molecule has 1 N–H and O–H groups in total. The van der Waals surface area contributed by atoms with Crippen LogP contribution in [0.25, 0.3) is 6.08 Å². The van der Waals surface area contributed by atoms with E-state index in [-0.39, 0.29) is 27.8 Å². The number of hydrogen-bond acceptors (Lipinski definition) is 4. The lowest BCUT2D eigenvalue weighted by atomic mass is 10.2. The maximum atomic E-state index is 13.7. The maximum absolute atomic E-state index is 13.7. The van der Waals surface area contributed by atoms with E-state index in [4.69, 9.17) is 11.6 Å². The molecule has 1 saturated heterocycles. The number of thioether (sulfide) groups is 1. The Morgan fingerprint density at radius 3 is 2.67 bits per heavy atom. The van der Waals surface area contributed by atoms with Gasteiger partial charge in [-0.1, -0.05) is 35.9 Å². The summed E-state index contributed by atoms with van der Waals surface area (Å²) in [4.78, 5) is 25.7. The van der Waals surface area contributed by atoms with Crippen molar-refractivity contribution in [1.29, 1.82) is 0 Å². The van der Waals surface area contributed by atoms with Gasteiger partial charge in [0, 0.05) is 5.56 Å². The molecule has 2 amide bonds. The van der Waals surface area contributed by atoms with Gasteiger partial charge in [0.1, 0.15) is 11.6 Å². The van der Waals surface area contributed by atoms with Gasteiger partial charge in [-0.25, -0.2) is 4.39 Å². The third kappa shape index (κ3) is 3.29. The summed E-state index contributed by atoms with van der Waals surface area (Å²) < 4.78 is 13.7. The molecule has 0 spiro atoms. The number of benzene rings is 2. The second-order valence-electron chi connectivity index (χ2n) is 5.07. The van der Waals surface area contributed by atoms with Gasteiger partial charge in [-0.2, -0.15) is 0 Å². The summed E-state index contributed by atoms with van der Waals surface area (Å²) in [5, 5.41) is 9.10. The molecule has 3 rings (SSSR count). The van der Waals surface area contributed by atoms with Gasteiger partial charge in [0.05, 0.1) is 16.5 Å². The van der Waals surface area contributed by atoms with Crippen LogP contribution in [0, 0.1) is 5.82 Å². The first kappa shape index (κ1) is 16.5. The zero-order valence-corrected chi connectivity index (χ0v) is 13.8. The molecule has 0 radical (unpaired) electrons. The van der Waals surface area contributed by atoms with E-state index in [1.807, 2.05) is 0 Å². The predicted molar refractivity (Wildman–Crippen MR) is 91.0 cm³/mol. The predicted octanol–water partition coefficient (Wildman–Crippen LogP) is 4.42. The molecule has 2 aromatic carbocycles. The minimum Gasteiger partial charge on any atom is -0.506 e. The van der Waals surface area contributed by atoms with Gasteiger partial charge in [0.15, 0.2) is 0 Å². The number of carbonyl (C=O) groups excluding carboxylic acids is 2. The number of nitrogens with zero attached hydrogens (tertiary/aromatic N) is 1. The number of phenolic OH excluding ortho intramolecular Hbond substituents is 1. The second-order valence-corrected chi connectivity index (χ2v) is 6.47. The van der Waals surface area contributed by atoms with E-state index in [0.29, 0.717) is 5.56 Å². The fourth-order valence-corrected chi connectivity index (χ4v) is 3.22. The maximum Gasteiger partial charge on any atom is 0.293 e.